The van der Waals surface area contributed by atoms with Crippen LogP contribution in [0.1, 0.15) is 31.7 Å². The van der Waals surface area contributed by atoms with Gasteiger partial charge < -0.3 is 4.74 Å². The fraction of sp³-hybridized carbons (Fsp3) is 0.300. The van der Waals surface area contributed by atoms with Crippen molar-refractivity contribution in [1.82, 2.24) is 0 Å². The molecule has 1 fully saturated rings. The molecule has 0 heterocycles. The number of carbonyl (C=O) groups excluding carboxylic acids is 1. The second-order valence-corrected chi connectivity index (χ2v) is 6.25. The van der Waals surface area contributed by atoms with Crippen molar-refractivity contribution in [2.75, 3.05) is 0 Å². The molecule has 1 aliphatic rings. The van der Waals surface area contributed by atoms with E-state index in [2.05, 4.69) is 13.0 Å². The maximum Gasteiger partial charge on any atom is 0.314 e. The van der Waals surface area contributed by atoms with Gasteiger partial charge in [0.25, 0.3) is 0 Å². The zero-order chi connectivity index (χ0) is 16.2. The summed E-state index contributed by atoms with van der Waals surface area (Å²) in [6, 6.07) is 17.0. The van der Waals surface area contributed by atoms with Gasteiger partial charge in [0.2, 0.25) is 0 Å². The normalized spacial score (nSPS) is 20.0. The Hall–Kier alpha value is -2.60. The van der Waals surface area contributed by atoms with Gasteiger partial charge in [-0.3, -0.25) is 4.79 Å². The predicted octanol–water partition coefficient (Wildman–Crippen LogP) is 4.57. The summed E-state index contributed by atoms with van der Waals surface area (Å²) in [4.78, 5) is 12.1. The zero-order valence-electron chi connectivity index (χ0n) is 13.2. The van der Waals surface area contributed by atoms with Gasteiger partial charge in [0.05, 0.1) is 17.6 Å². The van der Waals surface area contributed by atoms with Crippen molar-refractivity contribution in [3.63, 3.8) is 0 Å². The van der Waals surface area contributed by atoms with E-state index in [0.717, 1.165) is 30.4 Å². The minimum Gasteiger partial charge on any atom is -0.426 e. The Morgan fingerprint density at radius 3 is 2.17 bits per heavy atom. The minimum absolute atomic E-state index is 0.0446. The molecular formula is C20H19NO2. The number of ether oxygens (including phenoxy) is 1. The van der Waals surface area contributed by atoms with Crippen molar-refractivity contribution < 1.29 is 9.53 Å². The standard InChI is InChI=1S/C20H19NO2/c1-14-2-5-18(12-14)20(22)23-19-10-8-17(9-11-19)16-6-3-15(13-21)4-7-16/h3-4,6-11,14,18H,2,5,12H2,1H3/t14-,18+/m0/s1. The third-order valence-corrected chi connectivity index (χ3v) is 4.45. The van der Waals surface area contributed by atoms with E-state index in [-0.39, 0.29) is 11.9 Å². The van der Waals surface area contributed by atoms with E-state index in [1.54, 1.807) is 12.1 Å². The Labute approximate surface area is 136 Å². The van der Waals surface area contributed by atoms with Crippen molar-refractivity contribution in [3.05, 3.63) is 54.1 Å². The highest BCUT2D eigenvalue weighted by Crippen LogP contribution is 2.32. The average Bonchev–Trinajstić information content (AvgIpc) is 3.02. The van der Waals surface area contributed by atoms with Crippen LogP contribution in [0.3, 0.4) is 0 Å². The Morgan fingerprint density at radius 2 is 1.65 bits per heavy atom. The molecule has 2 aromatic carbocycles. The van der Waals surface area contributed by atoms with Gasteiger partial charge in [-0.15, -0.1) is 0 Å². The Kier molecular flexibility index (Phi) is 4.43. The van der Waals surface area contributed by atoms with E-state index in [1.807, 2.05) is 36.4 Å². The number of hydrogen-bond acceptors (Lipinski definition) is 3. The fourth-order valence-electron chi connectivity index (χ4n) is 3.07. The van der Waals surface area contributed by atoms with Crippen LogP contribution in [0.15, 0.2) is 48.5 Å². The van der Waals surface area contributed by atoms with Crippen LogP contribution < -0.4 is 4.74 Å². The summed E-state index contributed by atoms with van der Waals surface area (Å²) in [5, 5.41) is 8.83. The van der Waals surface area contributed by atoms with Gasteiger partial charge in [-0.05, 0) is 60.6 Å². The van der Waals surface area contributed by atoms with Crippen molar-refractivity contribution in [2.24, 2.45) is 11.8 Å². The molecule has 3 heteroatoms. The highest BCUT2D eigenvalue weighted by molar-refractivity contribution is 5.76. The molecule has 0 N–H and O–H groups in total. The first-order valence-corrected chi connectivity index (χ1v) is 7.98. The molecule has 0 amide bonds. The van der Waals surface area contributed by atoms with Gasteiger partial charge in [0.15, 0.2) is 0 Å². The Balaban J connectivity index is 1.67. The lowest BCUT2D eigenvalue weighted by Gasteiger charge is -2.10. The third kappa shape index (κ3) is 3.60. The molecule has 0 radical (unpaired) electrons. The number of nitrogens with zero attached hydrogens (tertiary/aromatic N) is 1. The molecule has 23 heavy (non-hydrogen) atoms. The highest BCUT2D eigenvalue weighted by atomic mass is 16.5. The smallest absolute Gasteiger partial charge is 0.314 e. The maximum atomic E-state index is 12.1. The van der Waals surface area contributed by atoms with Gasteiger partial charge >= 0.3 is 5.97 Å². The SMILES string of the molecule is C[C@H]1CC[C@@H](C(=O)Oc2ccc(-c3ccc(C#N)cc3)cc2)C1. The summed E-state index contributed by atoms with van der Waals surface area (Å²) in [5.74, 6) is 1.14. The van der Waals surface area contributed by atoms with Gasteiger partial charge in [-0.25, -0.2) is 0 Å². The lowest BCUT2D eigenvalue weighted by Crippen LogP contribution is -2.18. The molecular weight excluding hydrogens is 286 g/mol. The van der Waals surface area contributed by atoms with Gasteiger partial charge in [-0.2, -0.15) is 5.26 Å². The molecule has 2 aromatic rings. The van der Waals surface area contributed by atoms with Crippen LogP contribution >= 0.6 is 0 Å². The highest BCUT2D eigenvalue weighted by Gasteiger charge is 2.28. The molecule has 3 nitrogen and oxygen atoms in total. The van der Waals surface area contributed by atoms with E-state index in [9.17, 15) is 4.79 Å². The summed E-state index contributed by atoms with van der Waals surface area (Å²) in [7, 11) is 0. The first-order valence-electron chi connectivity index (χ1n) is 7.98. The van der Waals surface area contributed by atoms with E-state index < -0.39 is 0 Å². The van der Waals surface area contributed by atoms with E-state index >= 15 is 0 Å². The lowest BCUT2D eigenvalue weighted by molar-refractivity contribution is -0.138. The summed E-state index contributed by atoms with van der Waals surface area (Å²) in [5.41, 5.74) is 2.71. The molecule has 0 aromatic heterocycles. The zero-order valence-corrected chi connectivity index (χ0v) is 13.2. The topological polar surface area (TPSA) is 50.1 Å². The van der Waals surface area contributed by atoms with Crippen LogP contribution in [0.2, 0.25) is 0 Å². The molecule has 3 rings (SSSR count). The van der Waals surface area contributed by atoms with E-state index in [1.165, 1.54) is 0 Å². The number of hydrogen-bond donors (Lipinski definition) is 0. The van der Waals surface area contributed by atoms with Crippen LogP contribution in [0.25, 0.3) is 11.1 Å². The predicted molar refractivity (Wildman–Crippen MR) is 88.7 cm³/mol. The van der Waals surface area contributed by atoms with E-state index in [0.29, 0.717) is 17.2 Å². The van der Waals surface area contributed by atoms with Crippen LogP contribution in [0.5, 0.6) is 5.75 Å². The molecule has 0 spiro atoms. The molecule has 0 saturated heterocycles. The monoisotopic (exact) mass is 305 g/mol. The second-order valence-electron chi connectivity index (χ2n) is 6.25. The maximum absolute atomic E-state index is 12.1. The molecule has 1 aliphatic carbocycles. The summed E-state index contributed by atoms with van der Waals surface area (Å²) in [6.45, 7) is 2.18. The van der Waals surface area contributed by atoms with Gasteiger partial charge in [-0.1, -0.05) is 31.2 Å². The number of rotatable bonds is 3. The third-order valence-electron chi connectivity index (χ3n) is 4.45. The molecule has 1 saturated carbocycles. The first-order chi connectivity index (χ1) is 11.2. The summed E-state index contributed by atoms with van der Waals surface area (Å²) >= 11 is 0. The van der Waals surface area contributed by atoms with Gasteiger partial charge in [0.1, 0.15) is 5.75 Å². The van der Waals surface area contributed by atoms with Crippen molar-refractivity contribution >= 4 is 5.97 Å². The van der Waals surface area contributed by atoms with Crippen molar-refractivity contribution in [2.45, 2.75) is 26.2 Å². The first kappa shape index (κ1) is 15.3. The number of carbonyl (C=O) groups is 1. The number of esters is 1. The molecule has 0 unspecified atom stereocenters. The molecule has 2 atom stereocenters. The van der Waals surface area contributed by atoms with Crippen molar-refractivity contribution in [3.8, 4) is 22.9 Å². The largest absolute Gasteiger partial charge is 0.426 e. The molecule has 0 aliphatic heterocycles. The van der Waals surface area contributed by atoms with E-state index in [4.69, 9.17) is 10.00 Å². The average molecular weight is 305 g/mol. The fourth-order valence-corrected chi connectivity index (χ4v) is 3.07. The minimum atomic E-state index is -0.111. The van der Waals surface area contributed by atoms with Gasteiger partial charge in [0, 0.05) is 0 Å². The van der Waals surface area contributed by atoms with Crippen LogP contribution in [0, 0.1) is 23.2 Å². The van der Waals surface area contributed by atoms with Crippen LogP contribution in [0.4, 0.5) is 0 Å². The van der Waals surface area contributed by atoms with Crippen molar-refractivity contribution in [1.29, 1.82) is 5.26 Å². The quantitative estimate of drug-likeness (QED) is 0.616. The summed E-state index contributed by atoms with van der Waals surface area (Å²) in [6.07, 6.45) is 2.98. The number of nitriles is 1. The van der Waals surface area contributed by atoms with Crippen LogP contribution in [-0.4, -0.2) is 5.97 Å². The molecule has 116 valence electrons. The summed E-state index contributed by atoms with van der Waals surface area (Å²) < 4.78 is 5.49. The second kappa shape index (κ2) is 6.66. The molecule has 0 bridgehead atoms. The van der Waals surface area contributed by atoms with Crippen LogP contribution in [-0.2, 0) is 4.79 Å². The number of benzene rings is 2. The Bertz CT molecular complexity index is 726. The lowest BCUT2D eigenvalue weighted by atomic mass is 10.0. The Morgan fingerprint density at radius 1 is 1.04 bits per heavy atom.